The summed E-state index contributed by atoms with van der Waals surface area (Å²) in [4.78, 5) is 26.0. The Hall–Kier alpha value is -2.08. The molecule has 0 radical (unpaired) electrons. The molecule has 0 fully saturated rings. The van der Waals surface area contributed by atoms with Gasteiger partial charge in [-0.05, 0) is 44.6 Å². The average Bonchev–Trinajstić information content (AvgIpc) is 2.73. The zero-order valence-corrected chi connectivity index (χ0v) is 14.2. The molecule has 1 N–H and O–H groups in total. The van der Waals surface area contributed by atoms with Crippen LogP contribution in [0.15, 0.2) is 23.0 Å². The van der Waals surface area contributed by atoms with E-state index in [0.717, 1.165) is 18.5 Å². The Bertz CT molecular complexity index is 756. The zero-order valence-electron chi connectivity index (χ0n) is 14.2. The maximum absolute atomic E-state index is 12.8. The number of benzene rings is 1. The molecule has 6 heteroatoms. The quantitative estimate of drug-likeness (QED) is 0.849. The molecule has 0 saturated carbocycles. The first-order valence-corrected chi connectivity index (χ1v) is 7.92. The lowest BCUT2D eigenvalue weighted by Gasteiger charge is -2.10. The number of aromatic nitrogens is 2. The third-order valence-electron chi connectivity index (χ3n) is 3.97. The number of carboxylic acid groups (broad SMARTS) is 1. The molecular weight excluding hydrogens is 294 g/mol. The monoisotopic (exact) mass is 319 g/mol. The van der Waals surface area contributed by atoms with Crippen LogP contribution in [0.25, 0.3) is 11.0 Å². The van der Waals surface area contributed by atoms with Gasteiger partial charge in [-0.2, -0.15) is 0 Å². The van der Waals surface area contributed by atoms with Gasteiger partial charge in [0.05, 0.1) is 16.6 Å². The molecule has 0 aliphatic carbocycles. The lowest BCUT2D eigenvalue weighted by molar-refractivity contribution is 0.0697. The van der Waals surface area contributed by atoms with Crippen molar-refractivity contribution in [3.05, 3.63) is 34.2 Å². The van der Waals surface area contributed by atoms with Gasteiger partial charge in [0.15, 0.2) is 0 Å². The topological polar surface area (TPSA) is 67.5 Å². The van der Waals surface area contributed by atoms with Crippen LogP contribution < -0.4 is 5.69 Å². The summed E-state index contributed by atoms with van der Waals surface area (Å²) in [7, 11) is 3.90. The molecule has 0 saturated heterocycles. The van der Waals surface area contributed by atoms with E-state index in [-0.39, 0.29) is 11.3 Å². The molecule has 0 spiro atoms. The zero-order chi connectivity index (χ0) is 17.1. The highest BCUT2D eigenvalue weighted by atomic mass is 16.4. The van der Waals surface area contributed by atoms with E-state index in [4.69, 9.17) is 0 Å². The Balaban J connectivity index is 2.55. The molecule has 0 aliphatic rings. The van der Waals surface area contributed by atoms with E-state index in [0.29, 0.717) is 24.5 Å². The molecule has 1 aromatic carbocycles. The highest BCUT2D eigenvalue weighted by Crippen LogP contribution is 2.17. The van der Waals surface area contributed by atoms with Gasteiger partial charge in [0.25, 0.3) is 0 Å². The van der Waals surface area contributed by atoms with Crippen LogP contribution in [0, 0.1) is 5.92 Å². The predicted octanol–water partition coefficient (Wildman–Crippen LogP) is 2.11. The maximum Gasteiger partial charge on any atom is 0.335 e. The van der Waals surface area contributed by atoms with Crippen LogP contribution in [-0.4, -0.2) is 45.8 Å². The second kappa shape index (κ2) is 7.00. The van der Waals surface area contributed by atoms with Gasteiger partial charge < -0.3 is 10.0 Å². The molecule has 1 aromatic heterocycles. The van der Waals surface area contributed by atoms with Crippen molar-refractivity contribution < 1.29 is 9.90 Å². The minimum atomic E-state index is -0.978. The first-order chi connectivity index (χ1) is 10.8. The van der Waals surface area contributed by atoms with E-state index < -0.39 is 5.97 Å². The van der Waals surface area contributed by atoms with E-state index in [1.165, 1.54) is 0 Å². The summed E-state index contributed by atoms with van der Waals surface area (Å²) in [6.45, 7) is 6.16. The van der Waals surface area contributed by atoms with Crippen molar-refractivity contribution in [1.82, 2.24) is 14.0 Å². The Labute approximate surface area is 135 Å². The van der Waals surface area contributed by atoms with Crippen LogP contribution in [0.4, 0.5) is 0 Å². The van der Waals surface area contributed by atoms with Gasteiger partial charge in [-0.3, -0.25) is 9.13 Å². The Kier molecular flexibility index (Phi) is 5.26. The Morgan fingerprint density at radius 1 is 1.17 bits per heavy atom. The summed E-state index contributed by atoms with van der Waals surface area (Å²) in [5.74, 6) is -0.478. The number of hydrogen-bond acceptors (Lipinski definition) is 3. The largest absolute Gasteiger partial charge is 0.478 e. The number of rotatable bonds is 7. The maximum atomic E-state index is 12.8. The van der Waals surface area contributed by atoms with Crippen LogP contribution in [0.5, 0.6) is 0 Å². The minimum absolute atomic E-state index is 0.0648. The molecular formula is C17H25N3O3. The number of aromatic carboxylic acids is 1. The summed E-state index contributed by atoms with van der Waals surface area (Å²) < 4.78 is 3.44. The van der Waals surface area contributed by atoms with Gasteiger partial charge >= 0.3 is 11.7 Å². The summed E-state index contributed by atoms with van der Waals surface area (Å²) in [6, 6.07) is 4.90. The number of imidazole rings is 1. The van der Waals surface area contributed by atoms with Crippen LogP contribution in [0.2, 0.25) is 0 Å². The molecule has 0 amide bonds. The highest BCUT2D eigenvalue weighted by Gasteiger charge is 2.15. The number of aryl methyl sites for hydroxylation is 1. The molecule has 23 heavy (non-hydrogen) atoms. The number of hydrogen-bond donors (Lipinski definition) is 1. The first kappa shape index (κ1) is 17.3. The Morgan fingerprint density at radius 3 is 2.39 bits per heavy atom. The van der Waals surface area contributed by atoms with Gasteiger partial charge in [0, 0.05) is 19.6 Å². The molecule has 1 heterocycles. The summed E-state index contributed by atoms with van der Waals surface area (Å²) in [5, 5.41) is 9.20. The summed E-state index contributed by atoms with van der Waals surface area (Å²) in [6.07, 6.45) is 0.910. The van der Waals surface area contributed by atoms with Gasteiger partial charge in [0.1, 0.15) is 0 Å². The van der Waals surface area contributed by atoms with Gasteiger partial charge in [-0.25, -0.2) is 9.59 Å². The molecule has 0 atom stereocenters. The van der Waals surface area contributed by atoms with Crippen molar-refractivity contribution in [3.63, 3.8) is 0 Å². The molecule has 126 valence electrons. The minimum Gasteiger partial charge on any atom is -0.478 e. The fourth-order valence-electron chi connectivity index (χ4n) is 2.57. The number of fused-ring (bicyclic) bond motifs is 1. The van der Waals surface area contributed by atoms with E-state index in [9.17, 15) is 14.7 Å². The van der Waals surface area contributed by atoms with Crippen molar-refractivity contribution in [2.75, 3.05) is 20.6 Å². The van der Waals surface area contributed by atoms with E-state index in [2.05, 4.69) is 13.8 Å². The van der Waals surface area contributed by atoms with Crippen molar-refractivity contribution in [3.8, 4) is 0 Å². The van der Waals surface area contributed by atoms with Crippen LogP contribution in [0.1, 0.15) is 30.6 Å². The van der Waals surface area contributed by atoms with Crippen molar-refractivity contribution in [2.24, 2.45) is 5.92 Å². The molecule has 0 aliphatic heterocycles. The standard InChI is InChI=1S/C17H25N3O3/c1-12(2)7-8-19-14-6-5-13(16(21)22)11-15(14)20(17(19)23)10-9-18(3)4/h5-6,11-12H,7-10H2,1-4H3,(H,21,22). The third-order valence-corrected chi connectivity index (χ3v) is 3.97. The first-order valence-electron chi connectivity index (χ1n) is 7.92. The number of likely N-dealkylation sites (N-methyl/N-ethyl adjacent to an activating group) is 1. The lowest BCUT2D eigenvalue weighted by Crippen LogP contribution is -2.28. The van der Waals surface area contributed by atoms with Crippen LogP contribution in [0.3, 0.4) is 0 Å². The SMILES string of the molecule is CC(C)CCn1c(=O)n(CCN(C)C)c2cc(C(=O)O)ccc21. The fourth-order valence-corrected chi connectivity index (χ4v) is 2.57. The van der Waals surface area contributed by atoms with E-state index >= 15 is 0 Å². The summed E-state index contributed by atoms with van der Waals surface area (Å²) >= 11 is 0. The van der Waals surface area contributed by atoms with Crippen molar-refractivity contribution in [1.29, 1.82) is 0 Å². The fraction of sp³-hybridized carbons (Fsp3) is 0.529. The number of nitrogens with zero attached hydrogens (tertiary/aromatic N) is 3. The number of carboxylic acids is 1. The lowest BCUT2D eigenvalue weighted by atomic mass is 10.1. The van der Waals surface area contributed by atoms with Gasteiger partial charge in [-0.15, -0.1) is 0 Å². The average molecular weight is 319 g/mol. The smallest absolute Gasteiger partial charge is 0.335 e. The number of carbonyl (C=O) groups is 1. The third kappa shape index (κ3) is 3.82. The molecule has 2 aromatic rings. The second-order valence-corrected chi connectivity index (χ2v) is 6.58. The van der Waals surface area contributed by atoms with E-state index in [1.807, 2.05) is 19.0 Å². The Morgan fingerprint density at radius 2 is 1.83 bits per heavy atom. The second-order valence-electron chi connectivity index (χ2n) is 6.58. The van der Waals surface area contributed by atoms with Crippen molar-refractivity contribution >= 4 is 17.0 Å². The molecule has 2 rings (SSSR count). The normalized spacial score (nSPS) is 11.7. The molecule has 0 bridgehead atoms. The highest BCUT2D eigenvalue weighted by molar-refractivity contribution is 5.92. The van der Waals surface area contributed by atoms with E-state index in [1.54, 1.807) is 27.3 Å². The van der Waals surface area contributed by atoms with Crippen LogP contribution in [-0.2, 0) is 13.1 Å². The predicted molar refractivity (Wildman–Crippen MR) is 91.2 cm³/mol. The molecule has 6 nitrogen and oxygen atoms in total. The van der Waals surface area contributed by atoms with Gasteiger partial charge in [-0.1, -0.05) is 13.8 Å². The van der Waals surface area contributed by atoms with Crippen molar-refractivity contribution in [2.45, 2.75) is 33.4 Å². The van der Waals surface area contributed by atoms with Crippen LogP contribution >= 0.6 is 0 Å². The molecule has 0 unspecified atom stereocenters. The van der Waals surface area contributed by atoms with Gasteiger partial charge in [0.2, 0.25) is 0 Å². The summed E-state index contributed by atoms with van der Waals surface area (Å²) in [5.41, 5.74) is 1.64.